The van der Waals surface area contributed by atoms with Crippen LogP contribution in [-0.4, -0.2) is 18.6 Å². The second-order valence-corrected chi connectivity index (χ2v) is 6.95. The number of nitrogens with one attached hydrogen (secondary N) is 1. The molecular weight excluding hydrogens is 274 g/mol. The first kappa shape index (κ1) is 17.0. The van der Waals surface area contributed by atoms with Gasteiger partial charge in [0.1, 0.15) is 0 Å². The Labute approximate surface area is 126 Å². The minimum atomic E-state index is -0.466. The molecule has 0 saturated heterocycles. The summed E-state index contributed by atoms with van der Waals surface area (Å²) in [7, 11) is 1.65. The summed E-state index contributed by atoms with van der Waals surface area (Å²) in [5.41, 5.74) is 1.52. The highest BCUT2D eigenvalue weighted by atomic mass is 35.5. The fourth-order valence-electron chi connectivity index (χ4n) is 1.81. The lowest BCUT2D eigenvalue weighted by molar-refractivity contribution is 0.0191. The molecule has 0 atom stereocenters. The summed E-state index contributed by atoms with van der Waals surface area (Å²) in [6.45, 7) is 11.6. The monoisotopic (exact) mass is 297 g/mol. The summed E-state index contributed by atoms with van der Waals surface area (Å²) >= 11 is 6.28. The summed E-state index contributed by atoms with van der Waals surface area (Å²) in [6, 6.07) is 3.76. The van der Waals surface area contributed by atoms with Gasteiger partial charge >= 0.3 is 0 Å². The van der Waals surface area contributed by atoms with Crippen molar-refractivity contribution in [2.75, 3.05) is 7.11 Å². The molecular formula is C16H24ClNO2. The fraction of sp³-hybridized carbons (Fsp3) is 0.562. The van der Waals surface area contributed by atoms with Gasteiger partial charge in [-0.3, -0.25) is 4.79 Å². The average Bonchev–Trinajstić information content (AvgIpc) is 2.29. The molecule has 1 N–H and O–H groups in total. The van der Waals surface area contributed by atoms with Crippen LogP contribution in [0.25, 0.3) is 0 Å². The van der Waals surface area contributed by atoms with Crippen LogP contribution in [0.15, 0.2) is 12.1 Å². The van der Waals surface area contributed by atoms with E-state index in [0.29, 0.717) is 10.6 Å². The zero-order valence-corrected chi connectivity index (χ0v) is 14.1. The molecule has 1 aromatic carbocycles. The van der Waals surface area contributed by atoms with Crippen LogP contribution in [0.3, 0.4) is 0 Å². The highest BCUT2D eigenvalue weighted by Crippen LogP contribution is 2.30. The normalized spacial score (nSPS) is 12.4. The predicted molar refractivity (Wildman–Crippen MR) is 83.4 cm³/mol. The van der Waals surface area contributed by atoms with E-state index in [2.05, 4.69) is 5.32 Å². The van der Waals surface area contributed by atoms with Gasteiger partial charge in [0.05, 0.1) is 16.2 Å². The molecule has 0 saturated carbocycles. The van der Waals surface area contributed by atoms with Gasteiger partial charge in [-0.2, -0.15) is 0 Å². The Morgan fingerprint density at radius 3 is 2.20 bits per heavy atom. The van der Waals surface area contributed by atoms with Crippen molar-refractivity contribution in [3.63, 3.8) is 0 Å². The lowest BCUT2D eigenvalue weighted by Gasteiger charge is -2.26. The number of hydrogen-bond donors (Lipinski definition) is 1. The number of amides is 1. The number of benzene rings is 1. The summed E-state index contributed by atoms with van der Waals surface area (Å²) in [5, 5.41) is 3.42. The first-order chi connectivity index (χ1) is 8.98. The van der Waals surface area contributed by atoms with Crippen molar-refractivity contribution < 1.29 is 9.53 Å². The van der Waals surface area contributed by atoms with Crippen LogP contribution in [-0.2, 0) is 10.3 Å². The summed E-state index contributed by atoms with van der Waals surface area (Å²) < 4.78 is 5.48. The van der Waals surface area contributed by atoms with Gasteiger partial charge in [0.25, 0.3) is 5.91 Å². The number of aryl methyl sites for hydroxylation is 1. The van der Waals surface area contributed by atoms with E-state index in [4.69, 9.17) is 16.3 Å². The molecule has 0 spiro atoms. The summed E-state index contributed by atoms with van der Waals surface area (Å²) in [4.78, 5) is 12.4. The van der Waals surface area contributed by atoms with E-state index in [-0.39, 0.29) is 11.4 Å². The van der Waals surface area contributed by atoms with Crippen LogP contribution >= 0.6 is 11.6 Å². The van der Waals surface area contributed by atoms with E-state index in [0.717, 1.165) is 11.1 Å². The van der Waals surface area contributed by atoms with Gasteiger partial charge in [0.2, 0.25) is 0 Å². The van der Waals surface area contributed by atoms with Crippen molar-refractivity contribution in [2.45, 2.75) is 52.7 Å². The first-order valence-electron chi connectivity index (χ1n) is 6.66. The molecule has 0 bridgehead atoms. The van der Waals surface area contributed by atoms with Crippen molar-refractivity contribution in [1.29, 1.82) is 0 Å². The summed E-state index contributed by atoms with van der Waals surface area (Å²) in [6.07, 6.45) is 0. The lowest BCUT2D eigenvalue weighted by atomic mass is 9.93. The van der Waals surface area contributed by atoms with E-state index >= 15 is 0 Å². The predicted octanol–water partition coefficient (Wildman–Crippen LogP) is 4.06. The number of hydrogen-bond acceptors (Lipinski definition) is 2. The number of halogens is 1. The van der Waals surface area contributed by atoms with Crippen LogP contribution in [0.4, 0.5) is 0 Å². The molecule has 1 amide bonds. The molecule has 0 unspecified atom stereocenters. The van der Waals surface area contributed by atoms with E-state index in [1.54, 1.807) is 13.2 Å². The molecule has 1 aromatic rings. The second-order valence-electron chi connectivity index (χ2n) is 6.57. The minimum absolute atomic E-state index is 0.167. The molecule has 1 rings (SSSR count). The maximum Gasteiger partial charge on any atom is 0.253 e. The molecule has 3 nitrogen and oxygen atoms in total. The molecule has 4 heteroatoms. The number of rotatable bonds is 3. The van der Waals surface area contributed by atoms with E-state index in [1.807, 2.05) is 47.6 Å². The molecule has 112 valence electrons. The van der Waals surface area contributed by atoms with Crippen molar-refractivity contribution in [3.8, 4) is 0 Å². The van der Waals surface area contributed by atoms with Gasteiger partial charge in [-0.1, -0.05) is 17.7 Å². The number of ether oxygens (including phenoxy) is 1. The smallest absolute Gasteiger partial charge is 0.253 e. The summed E-state index contributed by atoms with van der Waals surface area (Å²) in [5.74, 6) is -0.167. The van der Waals surface area contributed by atoms with Crippen molar-refractivity contribution in [3.05, 3.63) is 33.8 Å². The van der Waals surface area contributed by atoms with E-state index < -0.39 is 5.60 Å². The molecule has 0 heterocycles. The van der Waals surface area contributed by atoms with Gasteiger partial charge in [-0.15, -0.1) is 0 Å². The van der Waals surface area contributed by atoms with Crippen LogP contribution in [0.1, 0.15) is 56.1 Å². The van der Waals surface area contributed by atoms with Crippen LogP contribution in [0, 0.1) is 6.92 Å². The Kier molecular flexibility index (Phi) is 4.88. The second kappa shape index (κ2) is 5.74. The van der Waals surface area contributed by atoms with Gasteiger partial charge < -0.3 is 10.1 Å². The van der Waals surface area contributed by atoms with Crippen LogP contribution in [0.5, 0.6) is 0 Å². The van der Waals surface area contributed by atoms with Crippen LogP contribution in [0.2, 0.25) is 5.02 Å². The van der Waals surface area contributed by atoms with Gasteiger partial charge in [-0.05, 0) is 58.7 Å². The Bertz CT molecular complexity index is 516. The zero-order valence-electron chi connectivity index (χ0n) is 13.3. The molecule has 0 aliphatic rings. The SMILES string of the molecule is COC(C)(C)c1cc(C)c(Cl)c(C(=O)NC(C)(C)C)c1. The quantitative estimate of drug-likeness (QED) is 0.914. The largest absolute Gasteiger partial charge is 0.374 e. The standard InChI is InChI=1S/C16H24ClNO2/c1-10-8-11(16(5,6)20-7)9-12(13(10)17)14(19)18-15(2,3)4/h8-9H,1-7H3,(H,18,19). The first-order valence-corrected chi connectivity index (χ1v) is 7.04. The number of methoxy groups -OCH3 is 1. The Balaban J connectivity index is 3.30. The number of carbonyl (C=O) groups is 1. The molecule has 0 aliphatic carbocycles. The fourth-order valence-corrected chi connectivity index (χ4v) is 2.00. The van der Waals surface area contributed by atoms with Gasteiger partial charge in [0, 0.05) is 12.6 Å². The van der Waals surface area contributed by atoms with E-state index in [9.17, 15) is 4.79 Å². The maximum absolute atomic E-state index is 12.4. The van der Waals surface area contributed by atoms with Crippen molar-refractivity contribution in [1.82, 2.24) is 5.32 Å². The Hall–Kier alpha value is -1.06. The molecule has 0 fully saturated rings. The van der Waals surface area contributed by atoms with Gasteiger partial charge in [0.15, 0.2) is 0 Å². The number of carbonyl (C=O) groups excluding carboxylic acids is 1. The van der Waals surface area contributed by atoms with Crippen molar-refractivity contribution >= 4 is 17.5 Å². The topological polar surface area (TPSA) is 38.3 Å². The molecule has 0 aliphatic heterocycles. The highest BCUT2D eigenvalue weighted by molar-refractivity contribution is 6.34. The third kappa shape index (κ3) is 3.97. The maximum atomic E-state index is 12.4. The van der Waals surface area contributed by atoms with Gasteiger partial charge in [-0.25, -0.2) is 0 Å². The minimum Gasteiger partial charge on any atom is -0.374 e. The molecule has 20 heavy (non-hydrogen) atoms. The Morgan fingerprint density at radius 1 is 1.20 bits per heavy atom. The van der Waals surface area contributed by atoms with Crippen molar-refractivity contribution in [2.24, 2.45) is 0 Å². The zero-order chi connectivity index (χ0) is 15.7. The van der Waals surface area contributed by atoms with Crippen LogP contribution < -0.4 is 5.32 Å². The third-order valence-corrected chi connectivity index (χ3v) is 3.69. The highest BCUT2D eigenvalue weighted by Gasteiger charge is 2.25. The lowest BCUT2D eigenvalue weighted by Crippen LogP contribution is -2.40. The van der Waals surface area contributed by atoms with E-state index in [1.165, 1.54) is 0 Å². The molecule has 0 aromatic heterocycles. The Morgan fingerprint density at radius 2 is 1.75 bits per heavy atom. The molecule has 0 radical (unpaired) electrons. The average molecular weight is 298 g/mol. The third-order valence-electron chi connectivity index (χ3n) is 3.19.